The number of rotatable bonds is 10. The summed E-state index contributed by atoms with van der Waals surface area (Å²) in [5.74, 6) is 0.844. The molecule has 33 heavy (non-hydrogen) atoms. The van der Waals surface area contributed by atoms with Gasteiger partial charge in [0.2, 0.25) is 0 Å². The Balaban J connectivity index is 1.60. The van der Waals surface area contributed by atoms with Crippen molar-refractivity contribution >= 4 is 39.7 Å². The largest absolute Gasteiger partial charge is 0.490 e. The van der Waals surface area contributed by atoms with Crippen molar-refractivity contribution in [3.8, 4) is 17.2 Å². The number of nitrogens with one attached hydrogen (secondary N) is 1. The van der Waals surface area contributed by atoms with Gasteiger partial charge < -0.3 is 14.2 Å². The molecule has 0 aliphatic carbocycles. The number of hydrogen-bond donors (Lipinski definition) is 1. The average Bonchev–Trinajstić information content (AvgIpc) is 2.80. The number of hydrazone groups is 1. The van der Waals surface area contributed by atoms with Gasteiger partial charge in [0, 0.05) is 15.1 Å². The van der Waals surface area contributed by atoms with Gasteiger partial charge in [0.25, 0.3) is 5.91 Å². The maximum Gasteiger partial charge on any atom is 0.277 e. The van der Waals surface area contributed by atoms with E-state index in [0.29, 0.717) is 38.9 Å². The monoisotopic (exact) mass is 534 g/mol. The number of halogens is 3. The fourth-order valence-electron chi connectivity index (χ4n) is 2.66. The molecule has 1 amide bonds. The predicted molar refractivity (Wildman–Crippen MR) is 129 cm³/mol. The Kier molecular flexibility index (Phi) is 9.09. The van der Waals surface area contributed by atoms with Crippen LogP contribution < -0.4 is 19.6 Å². The van der Waals surface area contributed by atoms with Gasteiger partial charge in [-0.1, -0.05) is 23.7 Å². The second-order valence-corrected chi connectivity index (χ2v) is 8.00. The number of carbonyl (C=O) groups is 1. The van der Waals surface area contributed by atoms with E-state index in [1.54, 1.807) is 48.5 Å². The number of benzene rings is 3. The number of nitrogens with zero attached hydrogens (tertiary/aromatic N) is 1. The smallest absolute Gasteiger partial charge is 0.277 e. The molecule has 0 saturated carbocycles. The summed E-state index contributed by atoms with van der Waals surface area (Å²) >= 11 is 9.30. The zero-order valence-corrected chi connectivity index (χ0v) is 20.0. The zero-order valence-electron chi connectivity index (χ0n) is 17.7. The van der Waals surface area contributed by atoms with Crippen LogP contribution in [0.15, 0.2) is 70.2 Å². The van der Waals surface area contributed by atoms with E-state index < -0.39 is 5.91 Å². The molecule has 6 nitrogen and oxygen atoms in total. The van der Waals surface area contributed by atoms with Crippen LogP contribution in [0.2, 0.25) is 5.02 Å². The Labute approximate surface area is 204 Å². The van der Waals surface area contributed by atoms with Crippen LogP contribution in [0.5, 0.6) is 17.2 Å². The Morgan fingerprint density at radius 2 is 1.76 bits per heavy atom. The van der Waals surface area contributed by atoms with Crippen LogP contribution in [-0.2, 0) is 11.4 Å². The van der Waals surface area contributed by atoms with Gasteiger partial charge in [0.05, 0.1) is 12.8 Å². The van der Waals surface area contributed by atoms with Gasteiger partial charge in [-0.3, -0.25) is 4.79 Å². The predicted octanol–water partition coefficient (Wildman–Crippen LogP) is 5.75. The minimum atomic E-state index is -0.415. The summed E-state index contributed by atoms with van der Waals surface area (Å²) in [7, 11) is 0. The summed E-state index contributed by atoms with van der Waals surface area (Å²) in [4.78, 5) is 12.0. The number of ether oxygens (including phenoxy) is 3. The molecule has 0 aromatic heterocycles. The van der Waals surface area contributed by atoms with Gasteiger partial charge in [0.1, 0.15) is 18.2 Å². The Hall–Kier alpha value is -3.10. The van der Waals surface area contributed by atoms with E-state index in [0.717, 1.165) is 5.56 Å². The molecule has 1 N–H and O–H groups in total. The van der Waals surface area contributed by atoms with E-state index in [1.807, 2.05) is 6.92 Å². The van der Waals surface area contributed by atoms with E-state index in [-0.39, 0.29) is 19.0 Å². The molecular weight excluding hydrogens is 515 g/mol. The normalized spacial score (nSPS) is 10.8. The molecule has 3 aromatic carbocycles. The van der Waals surface area contributed by atoms with Crippen LogP contribution in [0.25, 0.3) is 0 Å². The summed E-state index contributed by atoms with van der Waals surface area (Å²) < 4.78 is 30.7. The molecule has 0 aliphatic rings. The van der Waals surface area contributed by atoms with E-state index in [4.69, 9.17) is 25.8 Å². The van der Waals surface area contributed by atoms with Crippen molar-refractivity contribution in [2.45, 2.75) is 13.5 Å². The molecule has 0 spiro atoms. The quantitative estimate of drug-likeness (QED) is 0.265. The molecule has 0 unspecified atom stereocenters. The van der Waals surface area contributed by atoms with E-state index in [9.17, 15) is 9.18 Å². The van der Waals surface area contributed by atoms with Crippen LogP contribution in [0, 0.1) is 5.82 Å². The van der Waals surface area contributed by atoms with Crippen molar-refractivity contribution in [3.05, 3.63) is 87.1 Å². The second kappa shape index (κ2) is 12.2. The molecule has 3 aromatic rings. The Morgan fingerprint density at radius 1 is 1.06 bits per heavy atom. The van der Waals surface area contributed by atoms with Gasteiger partial charge in [0.15, 0.2) is 18.1 Å². The van der Waals surface area contributed by atoms with E-state index in [1.165, 1.54) is 18.3 Å². The second-order valence-electron chi connectivity index (χ2n) is 6.70. The maximum atomic E-state index is 13.1. The molecule has 0 atom stereocenters. The fourth-order valence-corrected chi connectivity index (χ4v) is 3.21. The van der Waals surface area contributed by atoms with E-state index in [2.05, 4.69) is 26.5 Å². The maximum absolute atomic E-state index is 13.1. The van der Waals surface area contributed by atoms with Crippen molar-refractivity contribution in [2.75, 3.05) is 13.2 Å². The summed E-state index contributed by atoms with van der Waals surface area (Å²) in [6.45, 7) is 2.36. The summed E-state index contributed by atoms with van der Waals surface area (Å²) in [5.41, 5.74) is 3.91. The zero-order chi connectivity index (χ0) is 23.6. The van der Waals surface area contributed by atoms with Crippen molar-refractivity contribution in [2.24, 2.45) is 5.10 Å². The molecule has 0 aliphatic heterocycles. The summed E-state index contributed by atoms with van der Waals surface area (Å²) in [5, 5.41) is 4.56. The molecule has 172 valence electrons. The van der Waals surface area contributed by atoms with Gasteiger partial charge in [-0.05, 0) is 76.9 Å². The van der Waals surface area contributed by atoms with Gasteiger partial charge >= 0.3 is 0 Å². The molecule has 0 fully saturated rings. The van der Waals surface area contributed by atoms with Crippen molar-refractivity contribution in [1.29, 1.82) is 0 Å². The van der Waals surface area contributed by atoms with Crippen LogP contribution in [0.3, 0.4) is 0 Å². The van der Waals surface area contributed by atoms with Crippen molar-refractivity contribution in [1.82, 2.24) is 5.43 Å². The number of hydrogen-bond acceptors (Lipinski definition) is 5. The standard InChI is InChI=1S/C24H21BrClFN2O4/c1-2-31-22-11-17(13-28-29-24(30)15-32-20-9-5-18(26)6-10-20)21(25)12-23(22)33-14-16-3-7-19(27)8-4-16/h3-13H,2,14-15H2,1H3,(H,29,30)/b28-13-. The molecule has 0 radical (unpaired) electrons. The first kappa shape index (κ1) is 24.5. The third kappa shape index (κ3) is 7.76. The molecule has 0 bridgehead atoms. The number of carbonyl (C=O) groups excluding carboxylic acids is 1. The lowest BCUT2D eigenvalue weighted by molar-refractivity contribution is -0.123. The Bertz CT molecular complexity index is 1110. The highest BCUT2D eigenvalue weighted by Gasteiger charge is 2.11. The lowest BCUT2D eigenvalue weighted by atomic mass is 10.2. The first-order valence-electron chi connectivity index (χ1n) is 9.98. The van der Waals surface area contributed by atoms with Crippen LogP contribution in [0.4, 0.5) is 4.39 Å². The van der Waals surface area contributed by atoms with Crippen LogP contribution in [0.1, 0.15) is 18.1 Å². The first-order valence-corrected chi connectivity index (χ1v) is 11.2. The molecule has 9 heteroatoms. The Morgan fingerprint density at radius 3 is 2.45 bits per heavy atom. The third-order valence-electron chi connectivity index (χ3n) is 4.25. The highest BCUT2D eigenvalue weighted by atomic mass is 79.9. The lowest BCUT2D eigenvalue weighted by Crippen LogP contribution is -2.24. The third-order valence-corrected chi connectivity index (χ3v) is 5.19. The van der Waals surface area contributed by atoms with Crippen molar-refractivity contribution in [3.63, 3.8) is 0 Å². The SMILES string of the molecule is CCOc1cc(/C=N\NC(=O)COc2ccc(Cl)cc2)c(Br)cc1OCc1ccc(F)cc1. The minimum absolute atomic E-state index is 0.194. The fraction of sp³-hybridized carbons (Fsp3) is 0.167. The highest BCUT2D eigenvalue weighted by Crippen LogP contribution is 2.33. The minimum Gasteiger partial charge on any atom is -0.490 e. The highest BCUT2D eigenvalue weighted by molar-refractivity contribution is 9.10. The van der Waals surface area contributed by atoms with Gasteiger partial charge in [-0.15, -0.1) is 0 Å². The van der Waals surface area contributed by atoms with Gasteiger partial charge in [-0.25, -0.2) is 9.82 Å². The molecule has 0 heterocycles. The average molecular weight is 536 g/mol. The summed E-state index contributed by atoms with van der Waals surface area (Å²) in [6, 6.07) is 16.3. The summed E-state index contributed by atoms with van der Waals surface area (Å²) in [6.07, 6.45) is 1.48. The lowest BCUT2D eigenvalue weighted by Gasteiger charge is -2.14. The van der Waals surface area contributed by atoms with Crippen molar-refractivity contribution < 1.29 is 23.4 Å². The molecule has 0 saturated heterocycles. The van der Waals surface area contributed by atoms with Crippen LogP contribution >= 0.6 is 27.5 Å². The van der Waals surface area contributed by atoms with Crippen LogP contribution in [-0.4, -0.2) is 25.3 Å². The van der Waals surface area contributed by atoms with Gasteiger partial charge in [-0.2, -0.15) is 5.10 Å². The molecule has 3 rings (SSSR count). The topological polar surface area (TPSA) is 69.2 Å². The molecular formula is C24H21BrClFN2O4. The first-order chi connectivity index (χ1) is 15.9. The van der Waals surface area contributed by atoms with E-state index >= 15 is 0 Å². The number of amides is 1.